The van der Waals surface area contributed by atoms with Crippen LogP contribution in [-0.4, -0.2) is 29.3 Å². The molecule has 0 saturated heterocycles. The fraction of sp³-hybridized carbons (Fsp3) is 0.235. The van der Waals surface area contributed by atoms with Crippen molar-refractivity contribution in [3.05, 3.63) is 42.2 Å². The van der Waals surface area contributed by atoms with Gasteiger partial charge in [-0.1, -0.05) is 12.1 Å². The molecule has 0 atom stereocenters. The van der Waals surface area contributed by atoms with Crippen LogP contribution in [0, 0.1) is 5.82 Å². The Morgan fingerprint density at radius 3 is 2.61 bits per heavy atom. The van der Waals surface area contributed by atoms with Gasteiger partial charge in [-0.3, -0.25) is 0 Å². The lowest BCUT2D eigenvalue weighted by atomic mass is 10.2. The number of nitrogens with zero attached hydrogens (tertiary/aromatic N) is 2. The maximum atomic E-state index is 14.2. The molecule has 2 aromatic carbocycles. The van der Waals surface area contributed by atoms with Crippen molar-refractivity contribution in [1.82, 2.24) is 9.55 Å². The van der Waals surface area contributed by atoms with E-state index in [-0.39, 0.29) is 5.82 Å². The zero-order valence-corrected chi connectivity index (χ0v) is 12.5. The van der Waals surface area contributed by atoms with Gasteiger partial charge in [-0.15, -0.1) is 0 Å². The van der Waals surface area contributed by atoms with Gasteiger partial charge in [-0.2, -0.15) is 0 Å². The maximum absolute atomic E-state index is 14.2. The van der Waals surface area contributed by atoms with Gasteiger partial charge >= 0.3 is 0 Å². The SMILES string of the molecule is NCCn1c(-c2ccccc2F)nc2cc3c(cc21)OCCO3. The minimum atomic E-state index is -0.307. The summed E-state index contributed by atoms with van der Waals surface area (Å²) in [4.78, 5) is 4.60. The molecular formula is C17H16FN3O2. The number of hydrogen-bond acceptors (Lipinski definition) is 4. The minimum absolute atomic E-state index is 0.307. The van der Waals surface area contributed by atoms with Crippen molar-refractivity contribution in [3.63, 3.8) is 0 Å². The predicted octanol–water partition coefficient (Wildman–Crippen LogP) is 2.57. The summed E-state index contributed by atoms with van der Waals surface area (Å²) in [6.45, 7) is 2.01. The molecule has 2 heterocycles. The van der Waals surface area contributed by atoms with E-state index in [1.807, 2.05) is 16.7 Å². The molecule has 23 heavy (non-hydrogen) atoms. The standard InChI is InChI=1S/C17H16FN3O2/c18-12-4-2-1-3-11(12)17-20-13-9-15-16(23-8-7-22-15)10-14(13)21(17)6-5-19/h1-4,9-10H,5-8,19H2. The lowest BCUT2D eigenvalue weighted by molar-refractivity contribution is 0.172. The highest BCUT2D eigenvalue weighted by Gasteiger charge is 2.19. The van der Waals surface area contributed by atoms with Crippen LogP contribution in [-0.2, 0) is 6.54 Å². The lowest BCUT2D eigenvalue weighted by Crippen LogP contribution is -2.15. The Hall–Kier alpha value is -2.60. The Morgan fingerprint density at radius 1 is 1.13 bits per heavy atom. The number of ether oxygens (including phenoxy) is 2. The Morgan fingerprint density at radius 2 is 1.87 bits per heavy atom. The van der Waals surface area contributed by atoms with Gasteiger partial charge in [0.2, 0.25) is 0 Å². The van der Waals surface area contributed by atoms with Crippen LogP contribution >= 0.6 is 0 Å². The largest absolute Gasteiger partial charge is 0.486 e. The minimum Gasteiger partial charge on any atom is -0.486 e. The number of rotatable bonds is 3. The monoisotopic (exact) mass is 313 g/mol. The molecule has 2 N–H and O–H groups in total. The molecule has 0 amide bonds. The van der Waals surface area contributed by atoms with E-state index in [1.54, 1.807) is 18.2 Å². The molecule has 1 aliphatic heterocycles. The average Bonchev–Trinajstić information content (AvgIpc) is 2.91. The first-order valence-electron chi connectivity index (χ1n) is 7.53. The second-order valence-corrected chi connectivity index (χ2v) is 5.34. The van der Waals surface area contributed by atoms with Crippen molar-refractivity contribution in [3.8, 4) is 22.9 Å². The van der Waals surface area contributed by atoms with E-state index in [4.69, 9.17) is 15.2 Å². The van der Waals surface area contributed by atoms with Gasteiger partial charge in [0.1, 0.15) is 24.9 Å². The van der Waals surface area contributed by atoms with Crippen molar-refractivity contribution in [1.29, 1.82) is 0 Å². The molecule has 0 spiro atoms. The van der Waals surface area contributed by atoms with Crippen LogP contribution in [0.5, 0.6) is 11.5 Å². The van der Waals surface area contributed by atoms with Crippen molar-refractivity contribution in [2.75, 3.05) is 19.8 Å². The molecule has 0 radical (unpaired) electrons. The number of halogens is 1. The molecular weight excluding hydrogens is 297 g/mol. The summed E-state index contributed by atoms with van der Waals surface area (Å²) in [6, 6.07) is 10.3. The lowest BCUT2D eigenvalue weighted by Gasteiger charge is -2.18. The van der Waals surface area contributed by atoms with E-state index in [9.17, 15) is 4.39 Å². The Kier molecular flexibility index (Phi) is 3.38. The average molecular weight is 313 g/mol. The van der Waals surface area contributed by atoms with Gasteiger partial charge < -0.3 is 19.8 Å². The number of hydrogen-bond donors (Lipinski definition) is 1. The summed E-state index contributed by atoms with van der Waals surface area (Å²) in [7, 11) is 0. The summed E-state index contributed by atoms with van der Waals surface area (Å²) in [6.07, 6.45) is 0. The molecule has 6 heteroatoms. The van der Waals surface area contributed by atoms with Crippen molar-refractivity contribution in [2.24, 2.45) is 5.73 Å². The van der Waals surface area contributed by atoms with Gasteiger partial charge in [-0.05, 0) is 12.1 Å². The van der Waals surface area contributed by atoms with E-state index < -0.39 is 0 Å². The van der Waals surface area contributed by atoms with Crippen LogP contribution in [0.4, 0.5) is 4.39 Å². The summed E-state index contributed by atoms with van der Waals surface area (Å²) < 4.78 is 27.3. The summed E-state index contributed by atoms with van der Waals surface area (Å²) in [5, 5.41) is 0. The fourth-order valence-corrected chi connectivity index (χ4v) is 2.87. The second kappa shape index (κ2) is 5.55. The zero-order chi connectivity index (χ0) is 15.8. The van der Waals surface area contributed by atoms with Crippen LogP contribution in [0.3, 0.4) is 0 Å². The molecule has 0 unspecified atom stereocenters. The first kappa shape index (κ1) is 14.0. The first-order chi connectivity index (χ1) is 11.3. The van der Waals surface area contributed by atoms with E-state index in [2.05, 4.69) is 4.98 Å². The third-order valence-corrected chi connectivity index (χ3v) is 3.88. The fourth-order valence-electron chi connectivity index (χ4n) is 2.87. The maximum Gasteiger partial charge on any atom is 0.163 e. The van der Waals surface area contributed by atoms with Gasteiger partial charge in [0.05, 0.1) is 16.6 Å². The normalized spacial score (nSPS) is 13.5. The molecule has 0 aliphatic carbocycles. The molecule has 1 aliphatic rings. The molecule has 0 bridgehead atoms. The van der Waals surface area contributed by atoms with Gasteiger partial charge in [0, 0.05) is 25.2 Å². The number of benzene rings is 2. The van der Waals surface area contributed by atoms with E-state index in [1.165, 1.54) is 6.07 Å². The highest BCUT2D eigenvalue weighted by atomic mass is 19.1. The number of aromatic nitrogens is 2. The van der Waals surface area contributed by atoms with E-state index in [0.717, 1.165) is 11.0 Å². The van der Waals surface area contributed by atoms with Gasteiger partial charge in [-0.25, -0.2) is 9.37 Å². The van der Waals surface area contributed by atoms with Crippen molar-refractivity contribution < 1.29 is 13.9 Å². The van der Waals surface area contributed by atoms with Crippen LogP contribution in [0.1, 0.15) is 0 Å². The summed E-state index contributed by atoms with van der Waals surface area (Å²) >= 11 is 0. The Balaban J connectivity index is 1.97. The molecule has 3 aromatic rings. The van der Waals surface area contributed by atoms with Crippen LogP contribution < -0.4 is 15.2 Å². The Labute approximate surface area is 132 Å². The highest BCUT2D eigenvalue weighted by Crippen LogP contribution is 2.36. The highest BCUT2D eigenvalue weighted by molar-refractivity contribution is 5.84. The predicted molar refractivity (Wildman–Crippen MR) is 85.2 cm³/mol. The molecule has 118 valence electrons. The van der Waals surface area contributed by atoms with Crippen LogP contribution in [0.15, 0.2) is 36.4 Å². The third kappa shape index (κ3) is 2.31. The smallest absolute Gasteiger partial charge is 0.163 e. The number of nitrogens with two attached hydrogens (primary N) is 1. The Bertz CT molecular complexity index is 876. The van der Waals surface area contributed by atoms with Crippen LogP contribution in [0.2, 0.25) is 0 Å². The van der Waals surface area contributed by atoms with E-state index in [0.29, 0.717) is 49.2 Å². The van der Waals surface area contributed by atoms with Gasteiger partial charge in [0.25, 0.3) is 0 Å². The first-order valence-corrected chi connectivity index (χ1v) is 7.53. The zero-order valence-electron chi connectivity index (χ0n) is 12.5. The molecule has 5 nitrogen and oxygen atoms in total. The molecule has 0 fully saturated rings. The van der Waals surface area contributed by atoms with Crippen molar-refractivity contribution in [2.45, 2.75) is 6.54 Å². The molecule has 0 saturated carbocycles. The second-order valence-electron chi connectivity index (χ2n) is 5.34. The summed E-state index contributed by atoms with van der Waals surface area (Å²) in [5.74, 6) is 1.60. The van der Waals surface area contributed by atoms with Crippen LogP contribution in [0.25, 0.3) is 22.4 Å². The molecule has 4 rings (SSSR count). The third-order valence-electron chi connectivity index (χ3n) is 3.88. The molecule has 1 aromatic heterocycles. The number of fused-ring (bicyclic) bond motifs is 2. The van der Waals surface area contributed by atoms with E-state index >= 15 is 0 Å². The van der Waals surface area contributed by atoms with Crippen molar-refractivity contribution >= 4 is 11.0 Å². The van der Waals surface area contributed by atoms with Gasteiger partial charge in [0.15, 0.2) is 11.5 Å². The number of imidazole rings is 1. The topological polar surface area (TPSA) is 62.3 Å². The summed E-state index contributed by atoms with van der Waals surface area (Å²) in [5.41, 5.74) is 7.79. The quantitative estimate of drug-likeness (QED) is 0.807.